The second-order valence-corrected chi connectivity index (χ2v) is 6.78. The van der Waals surface area contributed by atoms with Crippen molar-refractivity contribution in [3.8, 4) is 22.8 Å². The van der Waals surface area contributed by atoms with Gasteiger partial charge in [0.1, 0.15) is 0 Å². The van der Waals surface area contributed by atoms with Gasteiger partial charge in [0.25, 0.3) is 5.91 Å². The van der Waals surface area contributed by atoms with Crippen LogP contribution in [0.1, 0.15) is 15.9 Å². The maximum absolute atomic E-state index is 12.8. The fourth-order valence-electron chi connectivity index (χ4n) is 2.87. The predicted molar refractivity (Wildman–Crippen MR) is 112 cm³/mol. The minimum Gasteiger partial charge on any atom is -0.436 e. The largest absolute Gasteiger partial charge is 0.436 e. The number of nitrogens with zero attached hydrogens (tertiary/aromatic N) is 1. The fraction of sp³-hybridized carbons (Fsp3) is 0.0435. The number of aryl methyl sites for hydroxylation is 1. The van der Waals surface area contributed by atoms with Gasteiger partial charge in [-0.25, -0.2) is 4.98 Å². The number of oxazole rings is 1. The zero-order chi connectivity index (χ0) is 19.5. The van der Waals surface area contributed by atoms with Crippen LogP contribution in [0, 0.1) is 6.92 Å². The van der Waals surface area contributed by atoms with Crippen LogP contribution < -0.4 is 5.32 Å². The second-order valence-electron chi connectivity index (χ2n) is 6.38. The highest BCUT2D eigenvalue weighted by Crippen LogP contribution is 2.29. The lowest BCUT2D eigenvalue weighted by Crippen LogP contribution is -2.13. The summed E-state index contributed by atoms with van der Waals surface area (Å²) in [7, 11) is 0. The number of hydrogen-bond acceptors (Lipinski definition) is 3. The molecule has 0 radical (unpaired) electrons. The molecule has 138 valence electrons. The maximum Gasteiger partial charge on any atom is 0.256 e. The van der Waals surface area contributed by atoms with Gasteiger partial charge in [0, 0.05) is 11.1 Å². The highest BCUT2D eigenvalue weighted by atomic mass is 35.5. The third kappa shape index (κ3) is 3.68. The van der Waals surface area contributed by atoms with E-state index in [2.05, 4.69) is 10.3 Å². The molecule has 0 spiro atoms. The minimum atomic E-state index is -0.279. The summed E-state index contributed by atoms with van der Waals surface area (Å²) in [4.78, 5) is 17.2. The van der Waals surface area contributed by atoms with Crippen LogP contribution in [0.4, 0.5) is 5.69 Å². The van der Waals surface area contributed by atoms with E-state index in [9.17, 15) is 4.79 Å². The van der Waals surface area contributed by atoms with Gasteiger partial charge in [0.2, 0.25) is 5.89 Å². The number of para-hydroxylation sites is 1. The van der Waals surface area contributed by atoms with Gasteiger partial charge in [-0.1, -0.05) is 65.7 Å². The Labute approximate surface area is 167 Å². The SMILES string of the molecule is Cc1ccc(-c2cnc(-c3ccccc3C(=O)Nc3ccccc3Cl)o2)cc1. The van der Waals surface area contributed by atoms with E-state index in [1.54, 1.807) is 30.5 Å². The zero-order valence-corrected chi connectivity index (χ0v) is 15.9. The van der Waals surface area contributed by atoms with E-state index in [1.165, 1.54) is 5.56 Å². The number of halogens is 1. The first-order valence-electron chi connectivity index (χ1n) is 8.80. The molecular formula is C23H17ClN2O2. The van der Waals surface area contributed by atoms with Crippen molar-refractivity contribution in [3.05, 3.63) is 95.1 Å². The molecule has 0 atom stereocenters. The summed E-state index contributed by atoms with van der Waals surface area (Å²) < 4.78 is 5.94. The van der Waals surface area contributed by atoms with E-state index in [1.807, 2.05) is 55.5 Å². The van der Waals surface area contributed by atoms with Gasteiger partial charge in [-0.2, -0.15) is 0 Å². The van der Waals surface area contributed by atoms with Crippen molar-refractivity contribution in [2.24, 2.45) is 0 Å². The molecule has 1 N–H and O–H groups in total. The monoisotopic (exact) mass is 388 g/mol. The number of hydrogen-bond donors (Lipinski definition) is 1. The van der Waals surface area contributed by atoms with Crippen LogP contribution in [-0.4, -0.2) is 10.9 Å². The summed E-state index contributed by atoms with van der Waals surface area (Å²) in [5.74, 6) is 0.760. The number of nitrogens with one attached hydrogen (secondary N) is 1. The molecule has 4 rings (SSSR count). The molecule has 3 aromatic carbocycles. The first kappa shape index (κ1) is 18.0. The molecule has 5 heteroatoms. The standard InChI is InChI=1S/C23H17ClN2O2/c1-15-10-12-16(13-11-15)21-14-25-23(28-21)18-7-3-2-6-17(18)22(27)26-20-9-5-4-8-19(20)24/h2-14H,1H3,(H,26,27). The molecule has 0 unspecified atom stereocenters. The molecule has 1 amide bonds. The number of rotatable bonds is 4. The quantitative estimate of drug-likeness (QED) is 0.451. The first-order chi connectivity index (χ1) is 13.6. The smallest absolute Gasteiger partial charge is 0.256 e. The highest BCUT2D eigenvalue weighted by Gasteiger charge is 2.17. The Bertz CT molecular complexity index is 1130. The molecule has 0 aliphatic carbocycles. The number of amides is 1. The summed E-state index contributed by atoms with van der Waals surface area (Å²) in [6.07, 6.45) is 1.67. The van der Waals surface area contributed by atoms with E-state index >= 15 is 0 Å². The number of carbonyl (C=O) groups excluding carboxylic acids is 1. The average Bonchev–Trinajstić information content (AvgIpc) is 3.20. The van der Waals surface area contributed by atoms with E-state index in [4.69, 9.17) is 16.0 Å². The van der Waals surface area contributed by atoms with Crippen LogP contribution >= 0.6 is 11.6 Å². The number of benzene rings is 3. The van der Waals surface area contributed by atoms with Crippen LogP contribution in [0.5, 0.6) is 0 Å². The first-order valence-corrected chi connectivity index (χ1v) is 9.18. The molecule has 1 heterocycles. The van der Waals surface area contributed by atoms with Crippen LogP contribution in [0.25, 0.3) is 22.8 Å². The average molecular weight is 389 g/mol. The molecule has 0 aliphatic heterocycles. The topological polar surface area (TPSA) is 55.1 Å². The molecular weight excluding hydrogens is 372 g/mol. The van der Waals surface area contributed by atoms with Crippen LogP contribution in [0.3, 0.4) is 0 Å². The lowest BCUT2D eigenvalue weighted by Gasteiger charge is -2.09. The van der Waals surface area contributed by atoms with E-state index in [0.29, 0.717) is 33.5 Å². The summed E-state index contributed by atoms with van der Waals surface area (Å²) in [6.45, 7) is 2.03. The van der Waals surface area contributed by atoms with Crippen molar-refractivity contribution in [1.82, 2.24) is 4.98 Å². The third-order valence-electron chi connectivity index (χ3n) is 4.37. The Morgan fingerprint density at radius 3 is 2.46 bits per heavy atom. The summed E-state index contributed by atoms with van der Waals surface area (Å²) >= 11 is 6.15. The van der Waals surface area contributed by atoms with Crippen molar-refractivity contribution in [2.75, 3.05) is 5.32 Å². The molecule has 0 saturated heterocycles. The summed E-state index contributed by atoms with van der Waals surface area (Å²) in [6, 6.07) is 22.3. The van der Waals surface area contributed by atoms with Crippen molar-refractivity contribution in [3.63, 3.8) is 0 Å². The van der Waals surface area contributed by atoms with Gasteiger partial charge >= 0.3 is 0 Å². The molecule has 0 aliphatic rings. The Hall–Kier alpha value is -3.37. The predicted octanol–water partition coefficient (Wildman–Crippen LogP) is 6.22. The number of aromatic nitrogens is 1. The zero-order valence-electron chi connectivity index (χ0n) is 15.1. The third-order valence-corrected chi connectivity index (χ3v) is 4.70. The van der Waals surface area contributed by atoms with Crippen molar-refractivity contribution in [2.45, 2.75) is 6.92 Å². The Morgan fingerprint density at radius 2 is 1.68 bits per heavy atom. The van der Waals surface area contributed by atoms with E-state index in [0.717, 1.165) is 5.56 Å². The molecule has 1 aromatic heterocycles. The van der Waals surface area contributed by atoms with Gasteiger partial charge in [-0.15, -0.1) is 0 Å². The number of anilines is 1. The fourth-order valence-corrected chi connectivity index (χ4v) is 3.05. The van der Waals surface area contributed by atoms with E-state index in [-0.39, 0.29) is 5.91 Å². The van der Waals surface area contributed by atoms with Crippen LogP contribution in [0.15, 0.2) is 83.4 Å². The van der Waals surface area contributed by atoms with Crippen LogP contribution in [-0.2, 0) is 0 Å². The summed E-state index contributed by atoms with van der Waals surface area (Å²) in [5, 5.41) is 3.32. The lowest BCUT2D eigenvalue weighted by atomic mass is 10.1. The Balaban J connectivity index is 1.66. The van der Waals surface area contributed by atoms with Gasteiger partial charge in [-0.3, -0.25) is 4.79 Å². The normalized spacial score (nSPS) is 10.6. The van der Waals surface area contributed by atoms with Crippen LogP contribution in [0.2, 0.25) is 5.02 Å². The van der Waals surface area contributed by atoms with Gasteiger partial charge in [0.05, 0.1) is 22.5 Å². The molecule has 4 aromatic rings. The highest BCUT2D eigenvalue weighted by molar-refractivity contribution is 6.34. The number of carbonyl (C=O) groups is 1. The maximum atomic E-state index is 12.8. The molecule has 28 heavy (non-hydrogen) atoms. The van der Waals surface area contributed by atoms with Crippen molar-refractivity contribution >= 4 is 23.2 Å². The molecule has 4 nitrogen and oxygen atoms in total. The minimum absolute atomic E-state index is 0.279. The van der Waals surface area contributed by atoms with Gasteiger partial charge in [-0.05, 0) is 31.2 Å². The van der Waals surface area contributed by atoms with E-state index < -0.39 is 0 Å². The lowest BCUT2D eigenvalue weighted by molar-refractivity contribution is 0.102. The Kier molecular flexibility index (Phi) is 4.96. The molecule has 0 fully saturated rings. The summed E-state index contributed by atoms with van der Waals surface area (Å²) in [5.41, 5.74) is 3.73. The molecule has 0 saturated carbocycles. The Morgan fingerprint density at radius 1 is 0.964 bits per heavy atom. The molecule has 0 bridgehead atoms. The van der Waals surface area contributed by atoms with Gasteiger partial charge < -0.3 is 9.73 Å². The van der Waals surface area contributed by atoms with Crippen molar-refractivity contribution < 1.29 is 9.21 Å². The van der Waals surface area contributed by atoms with Gasteiger partial charge in [0.15, 0.2) is 5.76 Å². The second kappa shape index (κ2) is 7.71. The van der Waals surface area contributed by atoms with Crippen molar-refractivity contribution in [1.29, 1.82) is 0 Å².